The lowest BCUT2D eigenvalue weighted by Crippen LogP contribution is -2.38. The Balaban J connectivity index is 2.69. The lowest BCUT2D eigenvalue weighted by atomic mass is 10.1. The van der Waals surface area contributed by atoms with Crippen molar-refractivity contribution in [3.8, 4) is 0 Å². The summed E-state index contributed by atoms with van der Waals surface area (Å²) in [4.78, 5) is 10.7. The Morgan fingerprint density at radius 1 is 1.62 bits per heavy atom. The summed E-state index contributed by atoms with van der Waals surface area (Å²) in [7, 11) is -1.98. The van der Waals surface area contributed by atoms with Crippen LogP contribution in [0.25, 0.3) is 0 Å². The second-order valence-corrected chi connectivity index (χ2v) is 6.34. The molecule has 0 aromatic heterocycles. The van der Waals surface area contributed by atoms with E-state index in [0.29, 0.717) is 6.42 Å². The van der Waals surface area contributed by atoms with Gasteiger partial charge in [0.05, 0.1) is 17.8 Å². The zero-order valence-electron chi connectivity index (χ0n) is 9.42. The molecule has 16 heavy (non-hydrogen) atoms. The predicted molar refractivity (Wildman–Crippen MR) is 57.6 cm³/mol. The number of carboxylic acids is 1. The van der Waals surface area contributed by atoms with Gasteiger partial charge < -0.3 is 9.84 Å². The first kappa shape index (κ1) is 13.4. The maximum absolute atomic E-state index is 11.9. The number of hydrogen-bond donors (Lipinski definition) is 1. The van der Waals surface area contributed by atoms with E-state index < -0.39 is 27.2 Å². The van der Waals surface area contributed by atoms with Gasteiger partial charge in [-0.15, -0.1) is 0 Å². The van der Waals surface area contributed by atoms with Gasteiger partial charge in [0.1, 0.15) is 0 Å². The third kappa shape index (κ3) is 2.72. The number of aliphatic carboxylic acids is 1. The van der Waals surface area contributed by atoms with E-state index in [1.54, 1.807) is 6.92 Å². The maximum Gasteiger partial charge on any atom is 0.307 e. The second kappa shape index (κ2) is 5.11. The Hall–Kier alpha value is -0.660. The molecule has 94 valence electrons. The van der Waals surface area contributed by atoms with Gasteiger partial charge in [-0.05, 0) is 13.3 Å². The van der Waals surface area contributed by atoms with Crippen LogP contribution in [0.2, 0.25) is 0 Å². The predicted octanol–water partition coefficient (Wildman–Crippen LogP) is -0.242. The van der Waals surface area contributed by atoms with Gasteiger partial charge in [-0.3, -0.25) is 4.79 Å². The van der Waals surface area contributed by atoms with Gasteiger partial charge in [-0.1, -0.05) is 0 Å². The number of methoxy groups -OCH3 is 1. The molecule has 0 amide bonds. The quantitative estimate of drug-likeness (QED) is 0.729. The van der Waals surface area contributed by atoms with Gasteiger partial charge in [-0.2, -0.15) is 0 Å². The van der Waals surface area contributed by atoms with Crippen molar-refractivity contribution < 1.29 is 23.1 Å². The molecule has 1 aliphatic rings. The van der Waals surface area contributed by atoms with Crippen molar-refractivity contribution in [3.05, 3.63) is 0 Å². The van der Waals surface area contributed by atoms with Crippen molar-refractivity contribution in [2.24, 2.45) is 5.92 Å². The lowest BCUT2D eigenvalue weighted by molar-refractivity contribution is -0.141. The number of carbonyl (C=O) groups is 1. The van der Waals surface area contributed by atoms with Crippen LogP contribution in [0.3, 0.4) is 0 Å². The zero-order chi connectivity index (χ0) is 12.3. The van der Waals surface area contributed by atoms with Crippen LogP contribution in [0.15, 0.2) is 0 Å². The highest BCUT2D eigenvalue weighted by atomic mass is 32.2. The van der Waals surface area contributed by atoms with Crippen LogP contribution in [0.1, 0.15) is 13.3 Å². The first-order chi connectivity index (χ1) is 7.39. The molecule has 1 heterocycles. The van der Waals surface area contributed by atoms with Gasteiger partial charge in [0.25, 0.3) is 0 Å². The average molecular weight is 251 g/mol. The van der Waals surface area contributed by atoms with Gasteiger partial charge in [-0.25, -0.2) is 12.7 Å². The Labute approximate surface area is 95.2 Å². The molecule has 1 rings (SSSR count). The minimum absolute atomic E-state index is 0.0751. The fourth-order valence-electron chi connectivity index (χ4n) is 1.74. The molecule has 1 fully saturated rings. The van der Waals surface area contributed by atoms with E-state index in [2.05, 4.69) is 0 Å². The SMILES string of the molecule is COCC(C)S(=O)(=O)N1CCC(C(=O)O)C1. The number of hydrogen-bond acceptors (Lipinski definition) is 4. The molecule has 1 N–H and O–H groups in total. The summed E-state index contributed by atoms with van der Waals surface area (Å²) in [5.74, 6) is -1.51. The highest BCUT2D eigenvalue weighted by Crippen LogP contribution is 2.22. The molecule has 1 aliphatic heterocycles. The molecule has 0 aromatic rings. The molecular weight excluding hydrogens is 234 g/mol. The number of ether oxygens (including phenoxy) is 1. The third-order valence-electron chi connectivity index (χ3n) is 2.77. The molecule has 0 radical (unpaired) electrons. The van der Waals surface area contributed by atoms with Crippen LogP contribution in [0.5, 0.6) is 0 Å². The van der Waals surface area contributed by atoms with Gasteiger partial charge in [0.15, 0.2) is 0 Å². The fraction of sp³-hybridized carbons (Fsp3) is 0.889. The van der Waals surface area contributed by atoms with Crippen LogP contribution >= 0.6 is 0 Å². The van der Waals surface area contributed by atoms with E-state index in [0.717, 1.165) is 0 Å². The first-order valence-electron chi connectivity index (χ1n) is 5.10. The van der Waals surface area contributed by atoms with Crippen LogP contribution < -0.4 is 0 Å². The van der Waals surface area contributed by atoms with Gasteiger partial charge >= 0.3 is 5.97 Å². The Bertz CT molecular complexity index is 353. The molecular formula is C9H17NO5S. The molecule has 0 aliphatic carbocycles. The standard InChI is InChI=1S/C9H17NO5S/c1-7(6-15-2)16(13,14)10-4-3-8(5-10)9(11)12/h7-8H,3-6H2,1-2H3,(H,11,12). The molecule has 0 saturated carbocycles. The summed E-state index contributed by atoms with van der Waals surface area (Å²) < 4.78 is 29.9. The third-order valence-corrected chi connectivity index (χ3v) is 4.97. The highest BCUT2D eigenvalue weighted by Gasteiger charge is 2.37. The monoisotopic (exact) mass is 251 g/mol. The Morgan fingerprint density at radius 3 is 2.69 bits per heavy atom. The average Bonchev–Trinajstić information content (AvgIpc) is 2.67. The van der Waals surface area contributed by atoms with E-state index in [1.165, 1.54) is 11.4 Å². The summed E-state index contributed by atoms with van der Waals surface area (Å²) in [6.45, 7) is 2.04. The number of nitrogens with zero attached hydrogens (tertiary/aromatic N) is 1. The Morgan fingerprint density at radius 2 is 2.25 bits per heavy atom. The van der Waals surface area contributed by atoms with Crippen molar-refractivity contribution in [2.75, 3.05) is 26.8 Å². The van der Waals surface area contributed by atoms with Crippen molar-refractivity contribution in [1.29, 1.82) is 0 Å². The topological polar surface area (TPSA) is 83.9 Å². The van der Waals surface area contributed by atoms with Crippen LogP contribution in [-0.2, 0) is 19.6 Å². The molecule has 0 bridgehead atoms. The number of rotatable bonds is 5. The lowest BCUT2D eigenvalue weighted by Gasteiger charge is -2.20. The molecule has 6 nitrogen and oxygen atoms in total. The number of carboxylic acid groups (broad SMARTS) is 1. The molecule has 1 saturated heterocycles. The normalized spacial score (nSPS) is 24.5. The summed E-state index contributed by atoms with van der Waals surface area (Å²) >= 11 is 0. The van der Waals surface area contributed by atoms with E-state index in [4.69, 9.17) is 9.84 Å². The van der Waals surface area contributed by atoms with Gasteiger partial charge in [0, 0.05) is 20.2 Å². The minimum Gasteiger partial charge on any atom is -0.481 e. The summed E-state index contributed by atoms with van der Waals surface area (Å²) in [6.07, 6.45) is 0.383. The highest BCUT2D eigenvalue weighted by molar-refractivity contribution is 7.89. The van der Waals surface area contributed by atoms with E-state index >= 15 is 0 Å². The largest absolute Gasteiger partial charge is 0.481 e. The van der Waals surface area contributed by atoms with Crippen molar-refractivity contribution >= 4 is 16.0 Å². The molecule has 2 unspecified atom stereocenters. The van der Waals surface area contributed by atoms with Crippen LogP contribution in [0, 0.1) is 5.92 Å². The van der Waals surface area contributed by atoms with Crippen molar-refractivity contribution in [1.82, 2.24) is 4.31 Å². The molecule has 2 atom stereocenters. The number of sulfonamides is 1. The fourth-order valence-corrected chi connectivity index (χ4v) is 3.30. The molecule has 0 aromatic carbocycles. The summed E-state index contributed by atoms with van der Waals surface area (Å²) in [6, 6.07) is 0. The van der Waals surface area contributed by atoms with Crippen molar-refractivity contribution in [3.63, 3.8) is 0 Å². The van der Waals surface area contributed by atoms with Crippen LogP contribution in [0.4, 0.5) is 0 Å². The summed E-state index contributed by atoms with van der Waals surface area (Å²) in [5, 5.41) is 8.16. The Kier molecular flexibility index (Phi) is 4.28. The zero-order valence-corrected chi connectivity index (χ0v) is 10.2. The molecule has 0 spiro atoms. The maximum atomic E-state index is 11.9. The van der Waals surface area contributed by atoms with Crippen LogP contribution in [-0.4, -0.2) is 55.9 Å². The van der Waals surface area contributed by atoms with E-state index in [-0.39, 0.29) is 19.7 Å². The van der Waals surface area contributed by atoms with E-state index in [9.17, 15) is 13.2 Å². The van der Waals surface area contributed by atoms with E-state index in [1.807, 2.05) is 0 Å². The second-order valence-electron chi connectivity index (χ2n) is 3.99. The smallest absolute Gasteiger partial charge is 0.307 e. The first-order valence-corrected chi connectivity index (χ1v) is 6.60. The van der Waals surface area contributed by atoms with Gasteiger partial charge in [0.2, 0.25) is 10.0 Å². The minimum atomic E-state index is -3.42. The summed E-state index contributed by atoms with van der Waals surface area (Å²) in [5.41, 5.74) is 0. The molecule has 7 heteroatoms. The van der Waals surface area contributed by atoms with Crippen molar-refractivity contribution in [2.45, 2.75) is 18.6 Å².